The number of hydrogen-bond donors (Lipinski definition) is 6. The van der Waals surface area contributed by atoms with Crippen molar-refractivity contribution in [3.05, 3.63) is 88.8 Å². The van der Waals surface area contributed by atoms with Gasteiger partial charge in [0.2, 0.25) is 17.7 Å². The zero-order valence-electron chi connectivity index (χ0n) is 25.1. The molecule has 13 heteroatoms. The van der Waals surface area contributed by atoms with Crippen LogP contribution in [0.1, 0.15) is 59.3 Å². The van der Waals surface area contributed by atoms with Gasteiger partial charge in [-0.3, -0.25) is 9.59 Å². The fraction of sp³-hybridized carbons (Fsp3) is 0.387. The van der Waals surface area contributed by atoms with Crippen molar-refractivity contribution in [3.63, 3.8) is 0 Å². The van der Waals surface area contributed by atoms with Crippen LogP contribution in [-0.4, -0.2) is 55.2 Å². The van der Waals surface area contributed by atoms with Crippen LogP contribution in [0.3, 0.4) is 0 Å². The molecule has 0 aliphatic carbocycles. The molecular formula is C31H41N9O4. The first-order chi connectivity index (χ1) is 21.1. The standard InChI is InChI=1S/C31H41N9O4/c1-19-15-22(41)16-20(2)23(19)18-26(37-28(42)24(33)9-6-13-40-14-12-35-31(40)34)29(43)36-25(10-11-32)30-38-27(39-44-30)17-21-7-4-3-5-8-21/h3-5,7-8,12,14-16,24-26,41H,6,9-11,13,17-18,32-33H2,1-2H3,(H2,34,35)(H,36,43)(H,37,42)/t24-,25+,26+/m1/s1. The molecule has 0 aliphatic rings. The average molecular weight is 604 g/mol. The highest BCUT2D eigenvalue weighted by atomic mass is 16.5. The molecule has 0 spiro atoms. The molecule has 0 unspecified atom stereocenters. The van der Waals surface area contributed by atoms with Gasteiger partial charge in [0.15, 0.2) is 11.8 Å². The number of aromatic hydroxyl groups is 1. The van der Waals surface area contributed by atoms with Gasteiger partial charge in [-0.25, -0.2) is 4.98 Å². The van der Waals surface area contributed by atoms with Crippen LogP contribution in [0.4, 0.5) is 5.95 Å². The molecule has 13 nitrogen and oxygen atoms in total. The Morgan fingerprint density at radius 1 is 1.07 bits per heavy atom. The summed E-state index contributed by atoms with van der Waals surface area (Å²) in [6.07, 6.45) is 5.31. The first kappa shape index (κ1) is 32.2. The Labute approximate surface area is 256 Å². The minimum absolute atomic E-state index is 0.125. The van der Waals surface area contributed by atoms with Crippen LogP contribution in [0.15, 0.2) is 59.4 Å². The highest BCUT2D eigenvalue weighted by molar-refractivity contribution is 5.90. The number of nitrogens with one attached hydrogen (secondary N) is 2. The molecule has 3 atom stereocenters. The van der Waals surface area contributed by atoms with Crippen molar-refractivity contribution in [2.24, 2.45) is 11.5 Å². The van der Waals surface area contributed by atoms with Crippen molar-refractivity contribution in [2.45, 2.75) is 70.6 Å². The molecule has 4 rings (SSSR count). The van der Waals surface area contributed by atoms with Crippen LogP contribution in [0.5, 0.6) is 5.75 Å². The van der Waals surface area contributed by atoms with Crippen LogP contribution in [-0.2, 0) is 29.0 Å². The maximum atomic E-state index is 13.8. The quantitative estimate of drug-likeness (QED) is 0.116. The number of anilines is 1. The van der Waals surface area contributed by atoms with Crippen molar-refractivity contribution < 1.29 is 19.2 Å². The number of nitrogen functional groups attached to an aromatic ring is 1. The molecule has 4 aromatic rings. The average Bonchev–Trinajstić information content (AvgIpc) is 3.63. The Balaban J connectivity index is 1.48. The van der Waals surface area contributed by atoms with Crippen molar-refractivity contribution in [1.82, 2.24) is 30.3 Å². The van der Waals surface area contributed by atoms with E-state index in [-0.39, 0.29) is 24.6 Å². The Morgan fingerprint density at radius 2 is 1.80 bits per heavy atom. The number of aromatic nitrogens is 4. The predicted octanol–water partition coefficient (Wildman–Crippen LogP) is 1.80. The summed E-state index contributed by atoms with van der Waals surface area (Å²) in [5.74, 6) is 0.305. The van der Waals surface area contributed by atoms with E-state index in [1.54, 1.807) is 29.1 Å². The fourth-order valence-corrected chi connectivity index (χ4v) is 5.08. The van der Waals surface area contributed by atoms with E-state index in [9.17, 15) is 14.7 Å². The van der Waals surface area contributed by atoms with Gasteiger partial charge in [-0.2, -0.15) is 4.98 Å². The highest BCUT2D eigenvalue weighted by Gasteiger charge is 2.29. The lowest BCUT2D eigenvalue weighted by Gasteiger charge is -2.24. The van der Waals surface area contributed by atoms with Crippen molar-refractivity contribution in [3.8, 4) is 5.75 Å². The molecule has 2 amide bonds. The van der Waals surface area contributed by atoms with Gasteiger partial charge in [-0.05, 0) is 74.0 Å². The van der Waals surface area contributed by atoms with Crippen molar-refractivity contribution >= 4 is 17.8 Å². The van der Waals surface area contributed by atoms with Gasteiger partial charge < -0.3 is 42.0 Å². The number of amides is 2. The first-order valence-electron chi connectivity index (χ1n) is 14.6. The van der Waals surface area contributed by atoms with Gasteiger partial charge in [0.05, 0.1) is 6.04 Å². The summed E-state index contributed by atoms with van der Waals surface area (Å²) in [4.78, 5) is 35.5. The first-order valence-corrected chi connectivity index (χ1v) is 14.6. The van der Waals surface area contributed by atoms with Gasteiger partial charge in [-0.1, -0.05) is 35.5 Å². The number of carbonyl (C=O) groups is 2. The van der Waals surface area contributed by atoms with E-state index >= 15 is 0 Å². The van der Waals surface area contributed by atoms with Gasteiger partial charge in [-0.15, -0.1) is 0 Å². The molecule has 0 fully saturated rings. The maximum Gasteiger partial charge on any atom is 0.249 e. The van der Waals surface area contributed by atoms with Crippen LogP contribution < -0.4 is 27.8 Å². The lowest BCUT2D eigenvalue weighted by atomic mass is 9.95. The second kappa shape index (κ2) is 15.1. The van der Waals surface area contributed by atoms with Crippen LogP contribution in [0, 0.1) is 13.8 Å². The minimum Gasteiger partial charge on any atom is -0.508 e. The topological polar surface area (TPSA) is 213 Å². The molecule has 9 N–H and O–H groups in total. The summed E-state index contributed by atoms with van der Waals surface area (Å²) in [5.41, 5.74) is 21.4. The third kappa shape index (κ3) is 8.64. The number of nitrogens with two attached hydrogens (primary N) is 3. The van der Waals surface area contributed by atoms with E-state index < -0.39 is 29.9 Å². The van der Waals surface area contributed by atoms with Crippen LogP contribution >= 0.6 is 0 Å². The molecule has 234 valence electrons. The lowest BCUT2D eigenvalue weighted by Crippen LogP contribution is -2.53. The molecule has 44 heavy (non-hydrogen) atoms. The van der Waals surface area contributed by atoms with Crippen molar-refractivity contribution in [1.29, 1.82) is 0 Å². The van der Waals surface area contributed by atoms with E-state index in [0.717, 1.165) is 22.3 Å². The number of hydrogen-bond acceptors (Lipinski definition) is 10. The number of benzene rings is 2. The summed E-state index contributed by atoms with van der Waals surface area (Å²) >= 11 is 0. The summed E-state index contributed by atoms with van der Waals surface area (Å²) in [6.45, 7) is 4.49. The summed E-state index contributed by atoms with van der Waals surface area (Å²) in [6, 6.07) is 10.5. The number of aryl methyl sites for hydroxylation is 3. The third-order valence-corrected chi connectivity index (χ3v) is 7.48. The largest absolute Gasteiger partial charge is 0.508 e. The van der Waals surface area contributed by atoms with Crippen LogP contribution in [0.25, 0.3) is 0 Å². The van der Waals surface area contributed by atoms with Gasteiger partial charge in [0.1, 0.15) is 17.8 Å². The molecule has 0 saturated carbocycles. The van der Waals surface area contributed by atoms with Crippen molar-refractivity contribution in [2.75, 3.05) is 12.3 Å². The number of imidazole rings is 1. The van der Waals surface area contributed by atoms with Gasteiger partial charge in [0.25, 0.3) is 0 Å². The number of phenols is 1. The number of rotatable bonds is 15. The molecule has 0 bridgehead atoms. The molecule has 0 radical (unpaired) electrons. The van der Waals surface area contributed by atoms with E-state index in [0.29, 0.717) is 44.0 Å². The Hall–Kier alpha value is -4.75. The molecule has 2 aromatic heterocycles. The zero-order chi connectivity index (χ0) is 31.6. The second-order valence-electron chi connectivity index (χ2n) is 10.9. The highest BCUT2D eigenvalue weighted by Crippen LogP contribution is 2.23. The van der Waals surface area contributed by atoms with Gasteiger partial charge >= 0.3 is 0 Å². The molecule has 2 aromatic carbocycles. The fourth-order valence-electron chi connectivity index (χ4n) is 5.08. The number of nitrogens with zero attached hydrogens (tertiary/aromatic N) is 4. The second-order valence-corrected chi connectivity index (χ2v) is 10.9. The molecule has 2 heterocycles. The van der Waals surface area contributed by atoms with E-state index in [1.807, 2.05) is 44.2 Å². The number of phenolic OH excluding ortho intramolecular Hbond substituents is 1. The Morgan fingerprint density at radius 3 is 2.45 bits per heavy atom. The third-order valence-electron chi connectivity index (χ3n) is 7.48. The van der Waals surface area contributed by atoms with Crippen LogP contribution in [0.2, 0.25) is 0 Å². The summed E-state index contributed by atoms with van der Waals surface area (Å²) in [5, 5.41) is 19.9. The molecule has 0 saturated heterocycles. The smallest absolute Gasteiger partial charge is 0.249 e. The normalized spacial score (nSPS) is 13.3. The maximum absolute atomic E-state index is 13.8. The summed E-state index contributed by atoms with van der Waals surface area (Å²) < 4.78 is 7.30. The lowest BCUT2D eigenvalue weighted by molar-refractivity contribution is -0.130. The Kier molecular flexibility index (Phi) is 11.1. The van der Waals surface area contributed by atoms with E-state index in [1.165, 1.54) is 0 Å². The predicted molar refractivity (Wildman–Crippen MR) is 165 cm³/mol. The van der Waals surface area contributed by atoms with E-state index in [4.69, 9.17) is 21.7 Å². The molecule has 0 aliphatic heterocycles. The molecular weight excluding hydrogens is 562 g/mol. The Bertz CT molecular complexity index is 1510. The zero-order valence-corrected chi connectivity index (χ0v) is 25.1. The van der Waals surface area contributed by atoms with E-state index in [2.05, 4.69) is 25.8 Å². The van der Waals surface area contributed by atoms with Gasteiger partial charge in [0, 0.05) is 31.8 Å². The summed E-state index contributed by atoms with van der Waals surface area (Å²) in [7, 11) is 0. The minimum atomic E-state index is -0.980. The SMILES string of the molecule is Cc1cc(O)cc(C)c1C[C@H](NC(=O)[C@H](N)CCCn1ccnc1N)C(=O)N[C@@H](CCN)c1nc(Cc2ccccc2)no1. The monoisotopic (exact) mass is 603 g/mol. The number of carbonyl (C=O) groups excluding carboxylic acids is 2.